The average Bonchev–Trinajstić information content (AvgIpc) is 3.36. The number of hydrogen-bond donors (Lipinski definition) is 4. The monoisotopic (exact) mass is 483 g/mol. The number of amides is 1. The third-order valence-corrected chi connectivity index (χ3v) is 6.83. The number of aryl methyl sites for hydroxylation is 1. The molecule has 2 aromatic rings. The van der Waals surface area contributed by atoms with Crippen molar-refractivity contribution in [3.8, 4) is 17.2 Å². The molecule has 4 atom stereocenters. The fourth-order valence-corrected chi connectivity index (χ4v) is 5.15. The molecule has 2 aromatic carbocycles. The quantitative estimate of drug-likeness (QED) is 0.411. The standard InChI is InChI=1S/C27H37N3O5/c1-5-34-22-15-18(7-9-21(22)35-13-10-16(2)3)26-23-24(19-14-17(4)6-8-20(19)32)28-29-25(23)27(33)30(26)11-12-31/h6-9,14-16,23-26,28-29,31-32H,5,10-13H2,1-4H3. The Labute approximate surface area is 207 Å². The molecule has 0 spiro atoms. The number of hydrazine groups is 1. The van der Waals surface area contributed by atoms with Crippen LogP contribution in [0.5, 0.6) is 17.2 Å². The Morgan fingerprint density at radius 1 is 1.06 bits per heavy atom. The number of fused-ring (bicyclic) bond motifs is 1. The van der Waals surface area contributed by atoms with Crippen LogP contribution in [0.15, 0.2) is 36.4 Å². The number of nitrogens with zero attached hydrogens (tertiary/aromatic N) is 1. The molecule has 0 aromatic heterocycles. The van der Waals surface area contributed by atoms with Gasteiger partial charge >= 0.3 is 0 Å². The number of nitrogens with one attached hydrogen (secondary N) is 2. The van der Waals surface area contributed by atoms with Gasteiger partial charge in [0, 0.05) is 18.0 Å². The lowest BCUT2D eigenvalue weighted by atomic mass is 9.82. The summed E-state index contributed by atoms with van der Waals surface area (Å²) in [6.07, 6.45) is 0.942. The van der Waals surface area contributed by atoms with Crippen molar-refractivity contribution in [3.05, 3.63) is 53.1 Å². The molecule has 2 fully saturated rings. The Hall–Kier alpha value is -2.81. The van der Waals surface area contributed by atoms with E-state index < -0.39 is 6.04 Å². The van der Waals surface area contributed by atoms with Crippen LogP contribution in [0.1, 0.15) is 56.0 Å². The van der Waals surface area contributed by atoms with Crippen molar-refractivity contribution < 1.29 is 24.5 Å². The number of carbonyl (C=O) groups excluding carboxylic acids is 1. The molecule has 2 saturated heterocycles. The lowest BCUT2D eigenvalue weighted by Gasteiger charge is -2.31. The van der Waals surface area contributed by atoms with Crippen molar-refractivity contribution in [2.45, 2.75) is 52.2 Å². The van der Waals surface area contributed by atoms with Crippen molar-refractivity contribution in [1.82, 2.24) is 15.8 Å². The van der Waals surface area contributed by atoms with Crippen LogP contribution in [0.4, 0.5) is 0 Å². The summed E-state index contributed by atoms with van der Waals surface area (Å²) in [5, 5.41) is 20.4. The van der Waals surface area contributed by atoms with Gasteiger partial charge in [0.2, 0.25) is 5.91 Å². The molecule has 2 aliphatic rings. The summed E-state index contributed by atoms with van der Waals surface area (Å²) < 4.78 is 11.9. The highest BCUT2D eigenvalue weighted by molar-refractivity contribution is 5.86. The van der Waals surface area contributed by atoms with E-state index in [9.17, 15) is 15.0 Å². The average molecular weight is 484 g/mol. The van der Waals surface area contributed by atoms with Gasteiger partial charge in [0.05, 0.1) is 31.9 Å². The van der Waals surface area contributed by atoms with Crippen molar-refractivity contribution >= 4 is 5.91 Å². The minimum atomic E-state index is -0.478. The number of hydrogen-bond acceptors (Lipinski definition) is 7. The Bertz CT molecular complexity index is 1040. The Morgan fingerprint density at radius 2 is 1.83 bits per heavy atom. The van der Waals surface area contributed by atoms with E-state index in [-0.39, 0.29) is 42.8 Å². The molecule has 0 bridgehead atoms. The van der Waals surface area contributed by atoms with Gasteiger partial charge < -0.3 is 24.6 Å². The predicted octanol–water partition coefficient (Wildman–Crippen LogP) is 3.23. The van der Waals surface area contributed by atoms with Crippen LogP contribution < -0.4 is 20.3 Å². The van der Waals surface area contributed by atoms with Crippen molar-refractivity contribution in [2.24, 2.45) is 11.8 Å². The van der Waals surface area contributed by atoms with Gasteiger partial charge in [-0.3, -0.25) is 4.79 Å². The highest BCUT2D eigenvalue weighted by atomic mass is 16.5. The van der Waals surface area contributed by atoms with Crippen molar-refractivity contribution in [2.75, 3.05) is 26.4 Å². The maximum Gasteiger partial charge on any atom is 0.242 e. The molecule has 2 heterocycles. The van der Waals surface area contributed by atoms with Crippen LogP contribution >= 0.6 is 0 Å². The zero-order valence-corrected chi connectivity index (χ0v) is 21.0. The van der Waals surface area contributed by atoms with Gasteiger partial charge in [0.1, 0.15) is 11.8 Å². The Balaban J connectivity index is 1.72. The summed E-state index contributed by atoms with van der Waals surface area (Å²) in [6.45, 7) is 9.40. The number of likely N-dealkylation sites (tertiary alicyclic amines) is 1. The maximum absolute atomic E-state index is 13.4. The third kappa shape index (κ3) is 5.10. The first-order valence-corrected chi connectivity index (χ1v) is 12.5. The van der Waals surface area contributed by atoms with Crippen LogP contribution in [0, 0.1) is 18.8 Å². The first-order valence-electron chi connectivity index (χ1n) is 12.5. The third-order valence-electron chi connectivity index (χ3n) is 6.83. The Kier molecular flexibility index (Phi) is 7.84. The number of rotatable bonds is 10. The normalized spacial score (nSPS) is 23.7. The predicted molar refractivity (Wildman–Crippen MR) is 133 cm³/mol. The van der Waals surface area contributed by atoms with E-state index in [1.54, 1.807) is 11.0 Å². The van der Waals surface area contributed by atoms with Crippen molar-refractivity contribution in [1.29, 1.82) is 0 Å². The summed E-state index contributed by atoms with van der Waals surface area (Å²) in [7, 11) is 0. The zero-order chi connectivity index (χ0) is 25.1. The molecule has 0 aliphatic carbocycles. The van der Waals surface area contributed by atoms with Crippen LogP contribution in [0.25, 0.3) is 0 Å². The van der Waals surface area contributed by atoms with E-state index in [1.807, 2.05) is 44.2 Å². The lowest BCUT2D eigenvalue weighted by Crippen LogP contribution is -2.42. The van der Waals surface area contributed by atoms with Gasteiger partial charge in [0.25, 0.3) is 0 Å². The molecule has 190 valence electrons. The van der Waals surface area contributed by atoms with Crippen LogP contribution in [0.3, 0.4) is 0 Å². The van der Waals surface area contributed by atoms with Gasteiger partial charge in [-0.05, 0) is 49.9 Å². The molecular formula is C27H37N3O5. The number of phenols is 1. The van der Waals surface area contributed by atoms with E-state index in [4.69, 9.17) is 9.47 Å². The second-order valence-electron chi connectivity index (χ2n) is 9.75. The molecule has 4 N–H and O–H groups in total. The van der Waals surface area contributed by atoms with Crippen LogP contribution in [0.2, 0.25) is 0 Å². The van der Waals surface area contributed by atoms with Gasteiger partial charge in [-0.1, -0.05) is 37.6 Å². The van der Waals surface area contributed by atoms with Gasteiger partial charge in [0.15, 0.2) is 11.5 Å². The molecule has 4 rings (SSSR count). The summed E-state index contributed by atoms with van der Waals surface area (Å²) in [4.78, 5) is 15.1. The lowest BCUT2D eigenvalue weighted by molar-refractivity contribution is -0.131. The fourth-order valence-electron chi connectivity index (χ4n) is 5.15. The minimum absolute atomic E-state index is 0.0774. The number of benzene rings is 2. The van der Waals surface area contributed by atoms with Crippen LogP contribution in [-0.4, -0.2) is 53.4 Å². The molecule has 35 heavy (non-hydrogen) atoms. The first-order chi connectivity index (χ1) is 16.8. The molecule has 2 aliphatic heterocycles. The number of phenolic OH excluding ortho intramolecular Hbond substituents is 1. The molecule has 8 heteroatoms. The summed E-state index contributed by atoms with van der Waals surface area (Å²) >= 11 is 0. The number of carbonyl (C=O) groups is 1. The second-order valence-corrected chi connectivity index (χ2v) is 9.75. The minimum Gasteiger partial charge on any atom is -0.508 e. The molecule has 1 amide bonds. The van der Waals surface area contributed by atoms with Gasteiger partial charge in [-0.15, -0.1) is 0 Å². The van der Waals surface area contributed by atoms with E-state index in [2.05, 4.69) is 24.7 Å². The highest BCUT2D eigenvalue weighted by Gasteiger charge is 2.55. The highest BCUT2D eigenvalue weighted by Crippen LogP contribution is 2.49. The molecule has 0 saturated carbocycles. The van der Waals surface area contributed by atoms with E-state index in [1.165, 1.54) is 0 Å². The number of aliphatic hydroxyl groups is 1. The molecular weight excluding hydrogens is 446 g/mol. The summed E-state index contributed by atoms with van der Waals surface area (Å²) in [5.41, 5.74) is 9.07. The first kappa shape index (κ1) is 25.3. The number of aliphatic hydroxyl groups excluding tert-OH is 1. The van der Waals surface area contributed by atoms with Crippen molar-refractivity contribution in [3.63, 3.8) is 0 Å². The van der Waals surface area contributed by atoms with Gasteiger partial charge in [-0.25, -0.2) is 10.9 Å². The smallest absolute Gasteiger partial charge is 0.242 e. The summed E-state index contributed by atoms with van der Waals surface area (Å²) in [6, 6.07) is 10.2. The van der Waals surface area contributed by atoms with E-state index >= 15 is 0 Å². The number of ether oxygens (including phenoxy) is 2. The second kappa shape index (κ2) is 10.8. The maximum atomic E-state index is 13.4. The molecule has 4 unspecified atom stereocenters. The van der Waals surface area contributed by atoms with Gasteiger partial charge in [-0.2, -0.15) is 0 Å². The topological polar surface area (TPSA) is 103 Å². The Morgan fingerprint density at radius 3 is 2.54 bits per heavy atom. The summed E-state index contributed by atoms with van der Waals surface area (Å²) in [5.74, 6) is 1.76. The molecule has 8 nitrogen and oxygen atoms in total. The fraction of sp³-hybridized carbons (Fsp3) is 0.519. The van der Waals surface area contributed by atoms with E-state index in [0.717, 1.165) is 23.1 Å². The number of aromatic hydroxyl groups is 1. The van der Waals surface area contributed by atoms with Crippen LogP contribution in [-0.2, 0) is 4.79 Å². The molecule has 0 radical (unpaired) electrons. The SMILES string of the molecule is CCOc1cc(C2C3C(NNC3c3cc(C)ccc3O)C(=O)N2CCO)ccc1OCCC(C)C. The largest absolute Gasteiger partial charge is 0.508 e. The number of β-amino-alcohol motifs (C(OH)–C–C–N with tert-alkyl or cyclic N) is 1. The zero-order valence-electron chi connectivity index (χ0n) is 21.0. The van der Waals surface area contributed by atoms with E-state index in [0.29, 0.717) is 30.6 Å².